The summed E-state index contributed by atoms with van der Waals surface area (Å²) in [5.74, 6) is 0.579. The minimum Gasteiger partial charge on any atom is -0.497 e. The van der Waals surface area contributed by atoms with E-state index in [4.69, 9.17) is 15.2 Å². The minimum absolute atomic E-state index is 0.237. The maximum Gasteiger partial charge on any atom is 0.306 e. The van der Waals surface area contributed by atoms with E-state index in [0.717, 1.165) is 11.3 Å². The molecule has 1 aromatic rings. The van der Waals surface area contributed by atoms with Crippen LogP contribution < -0.4 is 10.5 Å². The first-order valence-corrected chi connectivity index (χ1v) is 6.70. The summed E-state index contributed by atoms with van der Waals surface area (Å²) in [6.07, 6.45) is 0.995. The summed E-state index contributed by atoms with van der Waals surface area (Å²) in [6, 6.07) is 7.83. The number of hydrogen-bond acceptors (Lipinski definition) is 4. The molecule has 0 saturated heterocycles. The largest absolute Gasteiger partial charge is 0.497 e. The molecule has 0 aliphatic heterocycles. The standard InChI is InChI=1S/C16H25NO3/c1-15(2,17)16(3,11-14(18)20-5)10-12-6-8-13(19-4)9-7-12/h6-9H,10-11,17H2,1-5H3. The summed E-state index contributed by atoms with van der Waals surface area (Å²) in [5, 5.41) is 0. The minimum atomic E-state index is -0.499. The third kappa shape index (κ3) is 3.97. The molecule has 0 aliphatic rings. The molecule has 0 spiro atoms. The molecule has 0 heterocycles. The Morgan fingerprint density at radius 1 is 1.15 bits per heavy atom. The Morgan fingerprint density at radius 2 is 1.70 bits per heavy atom. The van der Waals surface area contributed by atoms with Gasteiger partial charge in [-0.15, -0.1) is 0 Å². The molecule has 4 heteroatoms. The van der Waals surface area contributed by atoms with E-state index in [0.29, 0.717) is 12.8 Å². The van der Waals surface area contributed by atoms with E-state index < -0.39 is 5.54 Å². The fourth-order valence-corrected chi connectivity index (χ4v) is 2.10. The van der Waals surface area contributed by atoms with Crippen molar-refractivity contribution < 1.29 is 14.3 Å². The van der Waals surface area contributed by atoms with Gasteiger partial charge in [0, 0.05) is 5.54 Å². The Kier molecular flexibility index (Phi) is 5.17. The molecule has 1 rings (SSSR count). The van der Waals surface area contributed by atoms with Crippen LogP contribution in [0.5, 0.6) is 5.75 Å². The van der Waals surface area contributed by atoms with Gasteiger partial charge in [-0.1, -0.05) is 19.1 Å². The van der Waals surface area contributed by atoms with Gasteiger partial charge in [0.1, 0.15) is 5.75 Å². The lowest BCUT2D eigenvalue weighted by molar-refractivity contribution is -0.144. The Balaban J connectivity index is 2.97. The van der Waals surface area contributed by atoms with Crippen molar-refractivity contribution in [2.75, 3.05) is 14.2 Å². The molecule has 0 amide bonds. The van der Waals surface area contributed by atoms with Crippen LogP contribution in [0.3, 0.4) is 0 Å². The smallest absolute Gasteiger partial charge is 0.306 e. The first-order valence-electron chi connectivity index (χ1n) is 6.70. The molecule has 2 N–H and O–H groups in total. The van der Waals surface area contributed by atoms with E-state index in [-0.39, 0.29) is 11.4 Å². The maximum atomic E-state index is 11.7. The molecule has 1 atom stereocenters. The van der Waals surface area contributed by atoms with E-state index in [1.807, 2.05) is 45.0 Å². The summed E-state index contributed by atoms with van der Waals surface area (Å²) < 4.78 is 9.95. The lowest BCUT2D eigenvalue weighted by atomic mass is 9.67. The zero-order valence-electron chi connectivity index (χ0n) is 13.0. The molecule has 0 fully saturated rings. The molecule has 20 heavy (non-hydrogen) atoms. The Bertz CT molecular complexity index is 448. The Morgan fingerprint density at radius 3 is 2.10 bits per heavy atom. The van der Waals surface area contributed by atoms with Crippen molar-refractivity contribution in [2.45, 2.75) is 39.2 Å². The van der Waals surface area contributed by atoms with Crippen LogP contribution in [-0.4, -0.2) is 25.7 Å². The van der Waals surface area contributed by atoms with Crippen molar-refractivity contribution >= 4 is 5.97 Å². The van der Waals surface area contributed by atoms with E-state index in [1.54, 1.807) is 7.11 Å². The van der Waals surface area contributed by atoms with Gasteiger partial charge in [-0.05, 0) is 43.4 Å². The van der Waals surface area contributed by atoms with Crippen LogP contribution in [0.1, 0.15) is 32.8 Å². The molecule has 0 bridgehead atoms. The normalized spacial score (nSPS) is 14.5. The molecule has 0 aliphatic carbocycles. The predicted octanol–water partition coefficient (Wildman–Crippen LogP) is 2.54. The van der Waals surface area contributed by atoms with Crippen molar-refractivity contribution in [3.8, 4) is 5.75 Å². The third-order valence-electron chi connectivity index (χ3n) is 4.07. The van der Waals surface area contributed by atoms with E-state index >= 15 is 0 Å². The SMILES string of the molecule is COC(=O)CC(C)(Cc1ccc(OC)cc1)C(C)(C)N. The zero-order chi connectivity index (χ0) is 15.4. The van der Waals surface area contributed by atoms with Crippen LogP contribution in [0.25, 0.3) is 0 Å². The van der Waals surface area contributed by atoms with Crippen LogP contribution in [-0.2, 0) is 16.0 Å². The second-order valence-corrected chi connectivity index (χ2v) is 6.06. The molecule has 0 aromatic heterocycles. The summed E-state index contributed by atoms with van der Waals surface area (Å²) in [5.41, 5.74) is 6.53. The number of carbonyl (C=O) groups is 1. The molecule has 0 saturated carbocycles. The first-order chi connectivity index (χ1) is 9.21. The van der Waals surface area contributed by atoms with E-state index in [1.165, 1.54) is 7.11 Å². The molecule has 4 nitrogen and oxygen atoms in total. The quantitative estimate of drug-likeness (QED) is 0.813. The van der Waals surface area contributed by atoms with Gasteiger partial charge in [0.05, 0.1) is 20.6 Å². The second-order valence-electron chi connectivity index (χ2n) is 6.06. The van der Waals surface area contributed by atoms with Gasteiger partial charge in [-0.25, -0.2) is 0 Å². The summed E-state index contributed by atoms with van der Waals surface area (Å²) in [6.45, 7) is 5.91. The van der Waals surface area contributed by atoms with Crippen molar-refractivity contribution in [1.82, 2.24) is 0 Å². The van der Waals surface area contributed by atoms with Gasteiger partial charge < -0.3 is 15.2 Å². The second kappa shape index (κ2) is 6.27. The average Bonchev–Trinajstić information content (AvgIpc) is 2.38. The van der Waals surface area contributed by atoms with Gasteiger partial charge in [0.25, 0.3) is 0 Å². The van der Waals surface area contributed by atoms with Crippen molar-refractivity contribution in [2.24, 2.45) is 11.1 Å². The van der Waals surface area contributed by atoms with Gasteiger partial charge in [0.2, 0.25) is 0 Å². The van der Waals surface area contributed by atoms with Gasteiger partial charge in [-0.3, -0.25) is 4.79 Å². The van der Waals surface area contributed by atoms with Crippen LogP contribution in [0.2, 0.25) is 0 Å². The molecule has 0 radical (unpaired) electrons. The highest BCUT2D eigenvalue weighted by Gasteiger charge is 2.40. The molecule has 1 aromatic carbocycles. The van der Waals surface area contributed by atoms with Crippen LogP contribution in [0, 0.1) is 5.41 Å². The predicted molar refractivity (Wildman–Crippen MR) is 79.7 cm³/mol. The number of ether oxygens (including phenoxy) is 2. The van der Waals surface area contributed by atoms with Gasteiger partial charge >= 0.3 is 5.97 Å². The highest BCUT2D eigenvalue weighted by molar-refractivity contribution is 5.70. The molecular formula is C16H25NO3. The highest BCUT2D eigenvalue weighted by Crippen LogP contribution is 2.37. The number of benzene rings is 1. The fourth-order valence-electron chi connectivity index (χ4n) is 2.10. The van der Waals surface area contributed by atoms with Gasteiger partial charge in [0.15, 0.2) is 0 Å². The fraction of sp³-hybridized carbons (Fsp3) is 0.562. The summed E-state index contributed by atoms with van der Waals surface area (Å²) >= 11 is 0. The van der Waals surface area contributed by atoms with E-state index in [9.17, 15) is 4.79 Å². The third-order valence-corrected chi connectivity index (χ3v) is 4.07. The van der Waals surface area contributed by atoms with Crippen molar-refractivity contribution in [3.05, 3.63) is 29.8 Å². The average molecular weight is 279 g/mol. The summed E-state index contributed by atoms with van der Waals surface area (Å²) in [4.78, 5) is 11.7. The van der Waals surface area contributed by atoms with Crippen LogP contribution in [0.15, 0.2) is 24.3 Å². The number of methoxy groups -OCH3 is 2. The van der Waals surface area contributed by atoms with Crippen LogP contribution >= 0.6 is 0 Å². The number of hydrogen-bond donors (Lipinski definition) is 1. The first kappa shape index (κ1) is 16.5. The number of nitrogens with two attached hydrogens (primary N) is 1. The topological polar surface area (TPSA) is 61.5 Å². The van der Waals surface area contributed by atoms with E-state index in [2.05, 4.69) is 0 Å². The molecule has 1 unspecified atom stereocenters. The lowest BCUT2D eigenvalue weighted by Crippen LogP contribution is -2.51. The number of carbonyl (C=O) groups excluding carboxylic acids is 1. The van der Waals surface area contributed by atoms with Crippen molar-refractivity contribution in [1.29, 1.82) is 0 Å². The number of esters is 1. The highest BCUT2D eigenvalue weighted by atomic mass is 16.5. The lowest BCUT2D eigenvalue weighted by Gasteiger charge is -2.41. The monoisotopic (exact) mass is 279 g/mol. The Labute approximate surface area is 121 Å². The Hall–Kier alpha value is -1.55. The molecular weight excluding hydrogens is 254 g/mol. The van der Waals surface area contributed by atoms with Crippen LogP contribution in [0.4, 0.5) is 0 Å². The van der Waals surface area contributed by atoms with Crippen molar-refractivity contribution in [3.63, 3.8) is 0 Å². The van der Waals surface area contributed by atoms with Gasteiger partial charge in [-0.2, -0.15) is 0 Å². The number of rotatable bonds is 6. The maximum absolute atomic E-state index is 11.7. The molecule has 112 valence electrons. The summed E-state index contributed by atoms with van der Waals surface area (Å²) in [7, 11) is 3.04. The zero-order valence-corrected chi connectivity index (χ0v) is 13.0.